The van der Waals surface area contributed by atoms with E-state index in [1.807, 2.05) is 0 Å². The van der Waals surface area contributed by atoms with Gasteiger partial charge in [0.2, 0.25) is 0 Å². The number of unbranched alkanes of at least 4 members (excludes halogenated alkanes) is 10. The molecule has 3 nitrogen and oxygen atoms in total. The van der Waals surface area contributed by atoms with Gasteiger partial charge in [-0.05, 0) is 45.0 Å². The number of hydrogen-bond acceptors (Lipinski definition) is 3. The summed E-state index contributed by atoms with van der Waals surface area (Å²) in [6.45, 7) is 9.19. The minimum atomic E-state index is 0.783. The Kier molecular flexibility index (Phi) is 15.6. The molecule has 174 valence electrons. The number of rotatable bonds is 19. The molecule has 1 rings (SSSR count). The van der Waals surface area contributed by atoms with Gasteiger partial charge < -0.3 is 14.4 Å². The summed E-state index contributed by atoms with van der Waals surface area (Å²) in [5.41, 5.74) is 2.58. The van der Waals surface area contributed by atoms with Crippen molar-refractivity contribution in [1.82, 2.24) is 4.90 Å². The van der Waals surface area contributed by atoms with E-state index in [9.17, 15) is 0 Å². The lowest BCUT2D eigenvalue weighted by Crippen LogP contribution is -2.14. The molecule has 0 unspecified atom stereocenters. The smallest absolute Gasteiger partial charge is 0.165 e. The molecule has 0 spiro atoms. The number of benzene rings is 1. The Morgan fingerprint density at radius 2 is 1.20 bits per heavy atom. The standard InChI is InChI=1S/C27H49NO2/c1-6-9-11-13-15-17-19-29-26-22-24(8-3)21-25(23-28(4)5)27(26)30-20-18-16-14-12-10-7-2/h21-22H,6-20,23H2,1-5H3. The van der Waals surface area contributed by atoms with E-state index in [1.165, 1.54) is 75.3 Å². The number of nitrogens with zero attached hydrogens (tertiary/aromatic N) is 1. The highest BCUT2D eigenvalue weighted by Gasteiger charge is 2.14. The van der Waals surface area contributed by atoms with Crippen molar-refractivity contribution in [1.29, 1.82) is 0 Å². The van der Waals surface area contributed by atoms with Gasteiger partial charge in [0.15, 0.2) is 11.5 Å². The molecule has 0 aliphatic rings. The van der Waals surface area contributed by atoms with Crippen LogP contribution in [0, 0.1) is 0 Å². The van der Waals surface area contributed by atoms with Crippen molar-refractivity contribution in [2.24, 2.45) is 0 Å². The van der Waals surface area contributed by atoms with Gasteiger partial charge in [0, 0.05) is 12.1 Å². The average molecular weight is 420 g/mol. The number of ether oxygens (including phenoxy) is 2. The Hall–Kier alpha value is -1.22. The normalized spacial score (nSPS) is 11.3. The van der Waals surface area contributed by atoms with Crippen LogP contribution in [-0.2, 0) is 13.0 Å². The van der Waals surface area contributed by atoms with Crippen LogP contribution >= 0.6 is 0 Å². The molecule has 1 aromatic rings. The molecule has 0 radical (unpaired) electrons. The quantitative estimate of drug-likeness (QED) is 0.214. The molecule has 0 bridgehead atoms. The fourth-order valence-corrected chi connectivity index (χ4v) is 3.78. The maximum absolute atomic E-state index is 6.33. The van der Waals surface area contributed by atoms with Crippen molar-refractivity contribution < 1.29 is 9.47 Å². The SMILES string of the molecule is CCCCCCCCOc1cc(CC)cc(CN(C)C)c1OCCCCCCCC. The van der Waals surface area contributed by atoms with Crippen LogP contribution in [0.4, 0.5) is 0 Å². The van der Waals surface area contributed by atoms with Crippen molar-refractivity contribution in [3.05, 3.63) is 23.3 Å². The molecule has 30 heavy (non-hydrogen) atoms. The van der Waals surface area contributed by atoms with Crippen LogP contribution < -0.4 is 9.47 Å². The average Bonchev–Trinajstić information content (AvgIpc) is 2.73. The molecular formula is C27H49NO2. The summed E-state index contributed by atoms with van der Waals surface area (Å²) in [4.78, 5) is 2.21. The van der Waals surface area contributed by atoms with Crippen LogP contribution in [-0.4, -0.2) is 32.2 Å². The Bertz CT molecular complexity index is 542. The fourth-order valence-electron chi connectivity index (χ4n) is 3.78. The Morgan fingerprint density at radius 1 is 0.667 bits per heavy atom. The first-order valence-corrected chi connectivity index (χ1v) is 12.7. The minimum absolute atomic E-state index is 0.783. The summed E-state index contributed by atoms with van der Waals surface area (Å²) in [6.07, 6.45) is 16.4. The molecule has 0 saturated heterocycles. The van der Waals surface area contributed by atoms with Crippen molar-refractivity contribution in [2.75, 3.05) is 27.3 Å². The lowest BCUT2D eigenvalue weighted by Gasteiger charge is -2.20. The van der Waals surface area contributed by atoms with Crippen molar-refractivity contribution in [3.8, 4) is 11.5 Å². The molecule has 1 aromatic carbocycles. The van der Waals surface area contributed by atoms with Gasteiger partial charge in [-0.15, -0.1) is 0 Å². The molecule has 0 aliphatic heterocycles. The van der Waals surface area contributed by atoms with Gasteiger partial charge in [-0.1, -0.05) is 91.0 Å². The summed E-state index contributed by atoms with van der Waals surface area (Å²) >= 11 is 0. The lowest BCUT2D eigenvalue weighted by atomic mass is 10.1. The second-order valence-corrected chi connectivity index (χ2v) is 8.91. The predicted octanol–water partition coefficient (Wildman–Crippen LogP) is 7.79. The largest absolute Gasteiger partial charge is 0.490 e. The maximum Gasteiger partial charge on any atom is 0.165 e. The van der Waals surface area contributed by atoms with E-state index < -0.39 is 0 Å². The molecule has 0 atom stereocenters. The monoisotopic (exact) mass is 419 g/mol. The Balaban J connectivity index is 2.69. The summed E-state index contributed by atoms with van der Waals surface area (Å²) in [6, 6.07) is 4.50. The van der Waals surface area contributed by atoms with Crippen LogP contribution in [0.25, 0.3) is 0 Å². The van der Waals surface area contributed by atoms with Crippen LogP contribution in [0.1, 0.15) is 109 Å². The van der Waals surface area contributed by atoms with Crippen molar-refractivity contribution in [2.45, 2.75) is 111 Å². The molecule has 0 N–H and O–H groups in total. The summed E-state index contributed by atoms with van der Waals surface area (Å²) in [7, 11) is 4.24. The van der Waals surface area contributed by atoms with Gasteiger partial charge in [-0.2, -0.15) is 0 Å². The first-order valence-electron chi connectivity index (χ1n) is 12.7. The van der Waals surface area contributed by atoms with Crippen LogP contribution in [0.2, 0.25) is 0 Å². The topological polar surface area (TPSA) is 21.7 Å². The second kappa shape index (κ2) is 17.5. The third-order valence-electron chi connectivity index (χ3n) is 5.59. The lowest BCUT2D eigenvalue weighted by molar-refractivity contribution is 0.253. The minimum Gasteiger partial charge on any atom is -0.490 e. The van der Waals surface area contributed by atoms with E-state index in [1.54, 1.807) is 0 Å². The Morgan fingerprint density at radius 3 is 1.73 bits per heavy atom. The number of aryl methyl sites for hydroxylation is 1. The molecule has 0 heterocycles. The summed E-state index contributed by atoms with van der Waals surface area (Å²) in [5, 5.41) is 0. The van der Waals surface area contributed by atoms with E-state index >= 15 is 0 Å². The van der Waals surface area contributed by atoms with Crippen molar-refractivity contribution >= 4 is 0 Å². The molecule has 0 amide bonds. The highest BCUT2D eigenvalue weighted by Crippen LogP contribution is 2.34. The van der Waals surface area contributed by atoms with Crippen LogP contribution in [0.15, 0.2) is 12.1 Å². The summed E-state index contributed by atoms with van der Waals surface area (Å²) < 4.78 is 12.6. The second-order valence-electron chi connectivity index (χ2n) is 8.91. The third kappa shape index (κ3) is 11.8. The Labute approximate surface area is 187 Å². The zero-order valence-corrected chi connectivity index (χ0v) is 20.7. The van der Waals surface area contributed by atoms with Gasteiger partial charge in [0.1, 0.15) is 0 Å². The molecule has 0 saturated carbocycles. The van der Waals surface area contributed by atoms with Gasteiger partial charge in [-0.25, -0.2) is 0 Å². The van der Waals surface area contributed by atoms with Crippen LogP contribution in [0.5, 0.6) is 11.5 Å². The van der Waals surface area contributed by atoms with Crippen LogP contribution in [0.3, 0.4) is 0 Å². The highest BCUT2D eigenvalue weighted by atomic mass is 16.5. The predicted molar refractivity (Wildman–Crippen MR) is 131 cm³/mol. The highest BCUT2D eigenvalue weighted by molar-refractivity contribution is 5.49. The van der Waals surface area contributed by atoms with Gasteiger partial charge in [0.05, 0.1) is 13.2 Å². The van der Waals surface area contributed by atoms with Gasteiger partial charge in [0.25, 0.3) is 0 Å². The van der Waals surface area contributed by atoms with Crippen molar-refractivity contribution in [3.63, 3.8) is 0 Å². The van der Waals surface area contributed by atoms with E-state index in [0.717, 1.165) is 50.5 Å². The zero-order valence-electron chi connectivity index (χ0n) is 20.7. The zero-order chi connectivity index (χ0) is 22.0. The first kappa shape index (κ1) is 26.8. The van der Waals surface area contributed by atoms with Gasteiger partial charge in [-0.3, -0.25) is 0 Å². The van der Waals surface area contributed by atoms with E-state index in [4.69, 9.17) is 9.47 Å². The van der Waals surface area contributed by atoms with E-state index in [-0.39, 0.29) is 0 Å². The first-order chi connectivity index (χ1) is 14.6. The number of hydrogen-bond donors (Lipinski definition) is 0. The third-order valence-corrected chi connectivity index (χ3v) is 5.59. The molecule has 0 fully saturated rings. The molecular weight excluding hydrogens is 370 g/mol. The van der Waals surface area contributed by atoms with E-state index in [0.29, 0.717) is 0 Å². The fraction of sp³-hybridized carbons (Fsp3) is 0.778. The van der Waals surface area contributed by atoms with Gasteiger partial charge >= 0.3 is 0 Å². The molecule has 3 heteroatoms. The molecule has 0 aliphatic carbocycles. The molecule has 0 aromatic heterocycles. The van der Waals surface area contributed by atoms with E-state index in [2.05, 4.69) is 51.9 Å². The maximum atomic E-state index is 6.33. The summed E-state index contributed by atoms with van der Waals surface area (Å²) in [5.74, 6) is 1.92.